The van der Waals surface area contributed by atoms with Gasteiger partial charge in [0.05, 0.1) is 0 Å². The first kappa shape index (κ1) is 21.5. The molecule has 31 heavy (non-hydrogen) atoms. The van der Waals surface area contributed by atoms with E-state index >= 15 is 0 Å². The maximum Gasteiger partial charge on any atom is 0.254 e. The van der Waals surface area contributed by atoms with Crippen molar-refractivity contribution in [1.29, 1.82) is 0 Å². The molecule has 1 N–H and O–H groups in total. The van der Waals surface area contributed by atoms with Crippen molar-refractivity contribution in [3.63, 3.8) is 0 Å². The number of nitrogens with zero attached hydrogens (tertiary/aromatic N) is 3. The van der Waals surface area contributed by atoms with Crippen molar-refractivity contribution in [2.45, 2.75) is 32.0 Å². The Morgan fingerprint density at radius 2 is 1.61 bits per heavy atom. The van der Waals surface area contributed by atoms with Crippen LogP contribution in [0.25, 0.3) is 0 Å². The summed E-state index contributed by atoms with van der Waals surface area (Å²) in [5, 5.41) is 2.78. The first-order valence-corrected chi connectivity index (χ1v) is 11.2. The Hall–Kier alpha value is -2.70. The molecule has 2 saturated heterocycles. The van der Waals surface area contributed by atoms with Crippen molar-refractivity contribution in [2.24, 2.45) is 0 Å². The van der Waals surface area contributed by atoms with Gasteiger partial charge in [0.15, 0.2) is 0 Å². The van der Waals surface area contributed by atoms with Gasteiger partial charge >= 0.3 is 0 Å². The average Bonchev–Trinajstić information content (AvgIpc) is 3.32. The van der Waals surface area contributed by atoms with Crippen LogP contribution in [0, 0.1) is 0 Å². The molecular formula is C25H32N4O2. The summed E-state index contributed by atoms with van der Waals surface area (Å²) < 4.78 is 0. The Morgan fingerprint density at radius 3 is 2.35 bits per heavy atom. The van der Waals surface area contributed by atoms with E-state index in [-0.39, 0.29) is 17.9 Å². The Labute approximate surface area is 184 Å². The molecule has 0 aromatic heterocycles. The van der Waals surface area contributed by atoms with Crippen LogP contribution < -0.4 is 5.32 Å². The first-order chi connectivity index (χ1) is 15.2. The topological polar surface area (TPSA) is 55.9 Å². The predicted octanol–water partition coefficient (Wildman–Crippen LogP) is 2.35. The summed E-state index contributed by atoms with van der Waals surface area (Å²) in [6.07, 6.45) is 2.46. The number of amides is 2. The van der Waals surface area contributed by atoms with E-state index in [0.29, 0.717) is 26.2 Å². The Balaban J connectivity index is 1.49. The van der Waals surface area contributed by atoms with Crippen molar-refractivity contribution in [3.05, 3.63) is 71.3 Å². The van der Waals surface area contributed by atoms with Gasteiger partial charge in [0.1, 0.15) is 6.04 Å². The molecule has 0 saturated carbocycles. The fraction of sp³-hybridized carbons (Fsp3) is 0.440. The van der Waals surface area contributed by atoms with Gasteiger partial charge < -0.3 is 10.2 Å². The van der Waals surface area contributed by atoms with Gasteiger partial charge in [-0.1, -0.05) is 48.5 Å². The highest BCUT2D eigenvalue weighted by molar-refractivity contribution is 5.96. The fourth-order valence-corrected chi connectivity index (χ4v) is 4.65. The molecule has 2 amide bonds. The third-order valence-corrected chi connectivity index (χ3v) is 6.40. The van der Waals surface area contributed by atoms with Crippen LogP contribution in [-0.2, 0) is 17.9 Å². The molecule has 2 fully saturated rings. The molecule has 0 bridgehead atoms. The molecule has 2 heterocycles. The predicted molar refractivity (Wildman–Crippen MR) is 122 cm³/mol. The van der Waals surface area contributed by atoms with Crippen LogP contribution in [0.15, 0.2) is 54.6 Å². The Bertz CT molecular complexity index is 895. The third kappa shape index (κ3) is 5.14. The van der Waals surface area contributed by atoms with Crippen LogP contribution in [0.5, 0.6) is 0 Å². The van der Waals surface area contributed by atoms with E-state index in [1.54, 1.807) is 7.05 Å². The second kappa shape index (κ2) is 10.1. The molecule has 2 aliphatic rings. The molecule has 0 unspecified atom stereocenters. The number of likely N-dealkylation sites (N-methyl/N-ethyl adjacent to an activating group) is 1. The Morgan fingerprint density at radius 1 is 0.903 bits per heavy atom. The zero-order valence-electron chi connectivity index (χ0n) is 18.3. The standard InChI is InChI=1S/C25H32N4O2/c1-26-24(30)23-19-29(16-15-28(23)17-20-9-3-2-4-10-20)25(31)22-12-6-5-11-21(22)18-27-13-7-8-14-27/h2-6,9-12,23H,7-8,13-19H2,1H3,(H,26,30)/t23-/m0/s1. The summed E-state index contributed by atoms with van der Waals surface area (Å²) in [7, 11) is 1.66. The van der Waals surface area contributed by atoms with Crippen molar-refractivity contribution in [3.8, 4) is 0 Å². The minimum absolute atomic E-state index is 0.0306. The minimum atomic E-state index is -0.353. The second-order valence-electron chi connectivity index (χ2n) is 8.48. The van der Waals surface area contributed by atoms with E-state index < -0.39 is 0 Å². The molecule has 2 aromatic carbocycles. The maximum absolute atomic E-state index is 13.5. The number of rotatable bonds is 6. The maximum atomic E-state index is 13.5. The van der Waals surface area contributed by atoms with Crippen molar-refractivity contribution < 1.29 is 9.59 Å². The lowest BCUT2D eigenvalue weighted by Crippen LogP contribution is -2.59. The molecule has 6 nitrogen and oxygen atoms in total. The summed E-state index contributed by atoms with van der Waals surface area (Å²) in [6.45, 7) is 5.41. The van der Waals surface area contributed by atoms with Crippen molar-refractivity contribution in [1.82, 2.24) is 20.0 Å². The van der Waals surface area contributed by atoms with Crippen molar-refractivity contribution in [2.75, 3.05) is 39.8 Å². The number of hydrogen-bond donors (Lipinski definition) is 1. The number of piperazine rings is 1. The summed E-state index contributed by atoms with van der Waals surface area (Å²) in [6, 6.07) is 17.8. The highest BCUT2D eigenvalue weighted by Crippen LogP contribution is 2.21. The Kier molecular flexibility index (Phi) is 6.99. The van der Waals surface area contributed by atoms with Crippen LogP contribution >= 0.6 is 0 Å². The van der Waals surface area contributed by atoms with E-state index in [1.165, 1.54) is 18.4 Å². The van der Waals surface area contributed by atoms with Crippen LogP contribution in [0.4, 0.5) is 0 Å². The van der Waals surface area contributed by atoms with E-state index in [0.717, 1.165) is 30.8 Å². The number of carbonyl (C=O) groups excluding carboxylic acids is 2. The lowest BCUT2D eigenvalue weighted by atomic mass is 10.0. The summed E-state index contributed by atoms with van der Waals surface area (Å²) >= 11 is 0. The number of carbonyl (C=O) groups is 2. The van der Waals surface area contributed by atoms with E-state index in [1.807, 2.05) is 41.3 Å². The number of nitrogens with one attached hydrogen (secondary N) is 1. The van der Waals surface area contributed by atoms with Crippen molar-refractivity contribution >= 4 is 11.8 Å². The monoisotopic (exact) mass is 420 g/mol. The lowest BCUT2D eigenvalue weighted by Gasteiger charge is -2.40. The molecule has 0 aliphatic carbocycles. The van der Waals surface area contributed by atoms with Crippen LogP contribution in [-0.4, -0.2) is 72.3 Å². The van der Waals surface area contributed by atoms with Gasteiger partial charge in [-0.3, -0.25) is 19.4 Å². The fourth-order valence-electron chi connectivity index (χ4n) is 4.65. The smallest absolute Gasteiger partial charge is 0.254 e. The molecule has 4 rings (SSSR count). The molecule has 164 valence electrons. The largest absolute Gasteiger partial charge is 0.358 e. The van der Waals surface area contributed by atoms with Gasteiger partial charge in [-0.2, -0.15) is 0 Å². The molecule has 6 heteroatoms. The average molecular weight is 421 g/mol. The molecule has 0 spiro atoms. The highest BCUT2D eigenvalue weighted by Gasteiger charge is 2.34. The lowest BCUT2D eigenvalue weighted by molar-refractivity contribution is -0.128. The van der Waals surface area contributed by atoms with Gasteiger partial charge in [0.2, 0.25) is 5.91 Å². The normalized spacial score (nSPS) is 20.0. The van der Waals surface area contributed by atoms with Crippen LogP contribution in [0.3, 0.4) is 0 Å². The first-order valence-electron chi connectivity index (χ1n) is 11.2. The van der Waals surface area contributed by atoms with Gasteiger partial charge in [0.25, 0.3) is 5.91 Å². The van der Waals surface area contributed by atoms with E-state index in [9.17, 15) is 9.59 Å². The minimum Gasteiger partial charge on any atom is -0.358 e. The molecule has 1 atom stereocenters. The van der Waals surface area contributed by atoms with E-state index in [4.69, 9.17) is 0 Å². The molecule has 2 aliphatic heterocycles. The number of benzene rings is 2. The summed E-state index contributed by atoms with van der Waals surface area (Å²) in [5.74, 6) is -0.0122. The second-order valence-corrected chi connectivity index (χ2v) is 8.48. The van der Waals surface area contributed by atoms with Crippen LogP contribution in [0.1, 0.15) is 34.3 Å². The highest BCUT2D eigenvalue weighted by atomic mass is 16.2. The summed E-state index contributed by atoms with van der Waals surface area (Å²) in [5.41, 5.74) is 3.02. The molecule has 0 radical (unpaired) electrons. The molecule has 2 aromatic rings. The summed E-state index contributed by atoms with van der Waals surface area (Å²) in [4.78, 5) is 32.6. The zero-order valence-corrected chi connectivity index (χ0v) is 18.3. The molecular weight excluding hydrogens is 388 g/mol. The quantitative estimate of drug-likeness (QED) is 0.780. The van der Waals surface area contributed by atoms with Crippen LogP contribution in [0.2, 0.25) is 0 Å². The zero-order chi connectivity index (χ0) is 21.6. The number of likely N-dealkylation sites (tertiary alicyclic amines) is 1. The number of hydrogen-bond acceptors (Lipinski definition) is 4. The van der Waals surface area contributed by atoms with Gasteiger partial charge in [0, 0.05) is 45.3 Å². The third-order valence-electron chi connectivity index (χ3n) is 6.40. The van der Waals surface area contributed by atoms with Gasteiger partial charge in [-0.15, -0.1) is 0 Å². The van der Waals surface area contributed by atoms with Gasteiger partial charge in [-0.05, 0) is 43.1 Å². The van der Waals surface area contributed by atoms with Gasteiger partial charge in [-0.25, -0.2) is 0 Å². The SMILES string of the molecule is CNC(=O)[C@@H]1CN(C(=O)c2ccccc2CN2CCCC2)CCN1Cc1ccccc1. The van der Waals surface area contributed by atoms with E-state index in [2.05, 4.69) is 33.3 Å².